The Hall–Kier alpha value is -1.84. The zero-order chi connectivity index (χ0) is 10.8. The quantitative estimate of drug-likeness (QED) is 0.815. The van der Waals surface area contributed by atoms with Gasteiger partial charge in [-0.1, -0.05) is 0 Å². The average Bonchev–Trinajstić information content (AvgIpc) is 2.60. The van der Waals surface area contributed by atoms with Crippen LogP contribution in [0.1, 0.15) is 0 Å². The number of hydrogen-bond donors (Lipinski definition) is 1. The molecule has 4 heteroatoms. The van der Waals surface area contributed by atoms with Crippen LogP contribution in [0.25, 0.3) is 11.4 Å². The van der Waals surface area contributed by atoms with E-state index >= 15 is 0 Å². The fourth-order valence-corrected chi connectivity index (χ4v) is 1.44. The smallest absolute Gasteiger partial charge is 0.213 e. The van der Waals surface area contributed by atoms with Crippen molar-refractivity contribution in [2.24, 2.45) is 7.05 Å². The van der Waals surface area contributed by atoms with E-state index in [1.807, 2.05) is 31.3 Å². The molecule has 1 aromatic heterocycles. The van der Waals surface area contributed by atoms with Crippen molar-refractivity contribution in [1.82, 2.24) is 9.55 Å². The number of hydrogen-bond acceptors (Lipinski definition) is 2. The van der Waals surface area contributed by atoms with Gasteiger partial charge in [0, 0.05) is 25.3 Å². The van der Waals surface area contributed by atoms with Crippen LogP contribution in [0.4, 0.5) is 10.1 Å². The molecule has 0 atom stereocenters. The lowest BCUT2D eigenvalue weighted by molar-refractivity contribution is 0.537. The van der Waals surface area contributed by atoms with Crippen molar-refractivity contribution in [2.45, 2.75) is 0 Å². The molecule has 2 aromatic rings. The van der Waals surface area contributed by atoms with E-state index in [9.17, 15) is 4.39 Å². The number of imidazole rings is 1. The zero-order valence-corrected chi connectivity index (χ0v) is 8.66. The molecule has 1 aromatic carbocycles. The zero-order valence-electron chi connectivity index (χ0n) is 8.66. The summed E-state index contributed by atoms with van der Waals surface area (Å²) < 4.78 is 14.5. The van der Waals surface area contributed by atoms with Crippen molar-refractivity contribution in [3.63, 3.8) is 0 Å². The molecule has 2 rings (SSSR count). The van der Waals surface area contributed by atoms with Crippen molar-refractivity contribution in [1.29, 1.82) is 0 Å². The normalized spacial score (nSPS) is 10.3. The van der Waals surface area contributed by atoms with E-state index in [1.165, 1.54) is 10.8 Å². The third kappa shape index (κ3) is 1.70. The van der Waals surface area contributed by atoms with Crippen LogP contribution < -0.4 is 5.32 Å². The minimum atomic E-state index is -0.331. The Kier molecular flexibility index (Phi) is 2.41. The molecule has 1 heterocycles. The predicted molar refractivity (Wildman–Crippen MR) is 58.1 cm³/mol. The third-order valence-electron chi connectivity index (χ3n) is 2.36. The Morgan fingerprint density at radius 2 is 1.93 bits per heavy atom. The first-order chi connectivity index (χ1) is 7.22. The highest BCUT2D eigenvalue weighted by molar-refractivity contribution is 5.60. The van der Waals surface area contributed by atoms with Gasteiger partial charge in [0.25, 0.3) is 0 Å². The van der Waals surface area contributed by atoms with Crippen LogP contribution in [-0.2, 0) is 7.05 Å². The minimum Gasteiger partial charge on any atom is -0.388 e. The molecular formula is C11H12FN3. The van der Waals surface area contributed by atoms with Gasteiger partial charge in [-0.2, -0.15) is 4.39 Å². The largest absolute Gasteiger partial charge is 0.388 e. The molecular weight excluding hydrogens is 193 g/mol. The van der Waals surface area contributed by atoms with E-state index in [2.05, 4.69) is 10.3 Å². The van der Waals surface area contributed by atoms with Gasteiger partial charge >= 0.3 is 0 Å². The molecule has 0 aliphatic carbocycles. The SMILES string of the molecule is CNc1ccc(-c2ncc(F)n2C)cc1. The van der Waals surface area contributed by atoms with Crippen LogP contribution >= 0.6 is 0 Å². The first-order valence-electron chi connectivity index (χ1n) is 4.68. The number of nitrogens with zero attached hydrogens (tertiary/aromatic N) is 2. The Morgan fingerprint density at radius 1 is 1.27 bits per heavy atom. The Bertz CT molecular complexity index is 459. The summed E-state index contributed by atoms with van der Waals surface area (Å²) in [6.45, 7) is 0. The lowest BCUT2D eigenvalue weighted by Crippen LogP contribution is -1.95. The highest BCUT2D eigenvalue weighted by Crippen LogP contribution is 2.19. The Balaban J connectivity index is 2.41. The fourth-order valence-electron chi connectivity index (χ4n) is 1.44. The molecule has 0 fully saturated rings. The molecule has 0 spiro atoms. The monoisotopic (exact) mass is 205 g/mol. The maximum absolute atomic E-state index is 13.1. The molecule has 3 nitrogen and oxygen atoms in total. The van der Waals surface area contributed by atoms with Gasteiger partial charge < -0.3 is 9.88 Å². The van der Waals surface area contributed by atoms with Crippen LogP contribution in [0.5, 0.6) is 0 Å². The highest BCUT2D eigenvalue weighted by atomic mass is 19.1. The maximum atomic E-state index is 13.1. The van der Waals surface area contributed by atoms with Crippen molar-refractivity contribution in [2.75, 3.05) is 12.4 Å². The highest BCUT2D eigenvalue weighted by Gasteiger charge is 2.07. The van der Waals surface area contributed by atoms with Crippen LogP contribution in [0.15, 0.2) is 30.5 Å². The van der Waals surface area contributed by atoms with Gasteiger partial charge in [0.05, 0.1) is 6.20 Å². The van der Waals surface area contributed by atoms with Crippen LogP contribution in [0, 0.1) is 5.95 Å². The molecule has 0 amide bonds. The van der Waals surface area contributed by atoms with Crippen molar-refractivity contribution in [3.05, 3.63) is 36.4 Å². The van der Waals surface area contributed by atoms with Crippen LogP contribution in [-0.4, -0.2) is 16.6 Å². The third-order valence-corrected chi connectivity index (χ3v) is 2.36. The Morgan fingerprint density at radius 3 is 2.40 bits per heavy atom. The lowest BCUT2D eigenvalue weighted by atomic mass is 10.2. The van der Waals surface area contributed by atoms with E-state index in [-0.39, 0.29) is 5.95 Å². The van der Waals surface area contributed by atoms with Gasteiger partial charge in [-0.05, 0) is 24.3 Å². The second-order valence-electron chi connectivity index (χ2n) is 3.29. The van der Waals surface area contributed by atoms with Gasteiger partial charge in [-0.25, -0.2) is 4.98 Å². The minimum absolute atomic E-state index is 0.331. The molecule has 0 aliphatic heterocycles. The molecule has 1 N–H and O–H groups in total. The number of nitrogens with one attached hydrogen (secondary N) is 1. The summed E-state index contributed by atoms with van der Waals surface area (Å²) in [6, 6.07) is 7.69. The van der Waals surface area contributed by atoms with Gasteiger partial charge in [0.15, 0.2) is 0 Å². The number of benzene rings is 1. The summed E-state index contributed by atoms with van der Waals surface area (Å²) in [6.07, 6.45) is 1.22. The topological polar surface area (TPSA) is 29.9 Å². The van der Waals surface area contributed by atoms with E-state index in [4.69, 9.17) is 0 Å². The van der Waals surface area contributed by atoms with Gasteiger partial charge in [-0.15, -0.1) is 0 Å². The molecule has 0 aliphatic rings. The van der Waals surface area contributed by atoms with Crippen LogP contribution in [0.3, 0.4) is 0 Å². The molecule has 0 unspecified atom stereocenters. The van der Waals surface area contributed by atoms with E-state index in [0.717, 1.165) is 11.3 Å². The Labute approximate surface area is 87.6 Å². The maximum Gasteiger partial charge on any atom is 0.213 e. The van der Waals surface area contributed by atoms with Crippen molar-refractivity contribution >= 4 is 5.69 Å². The fraction of sp³-hybridized carbons (Fsp3) is 0.182. The number of anilines is 1. The lowest BCUT2D eigenvalue weighted by Gasteiger charge is -2.03. The molecule has 0 saturated carbocycles. The van der Waals surface area contributed by atoms with Crippen LogP contribution in [0.2, 0.25) is 0 Å². The van der Waals surface area contributed by atoms with E-state index in [1.54, 1.807) is 7.05 Å². The predicted octanol–water partition coefficient (Wildman–Crippen LogP) is 2.27. The molecule has 15 heavy (non-hydrogen) atoms. The summed E-state index contributed by atoms with van der Waals surface area (Å²) in [5.41, 5.74) is 1.92. The second kappa shape index (κ2) is 3.73. The summed E-state index contributed by atoms with van der Waals surface area (Å²) >= 11 is 0. The van der Waals surface area contributed by atoms with Gasteiger partial charge in [0.2, 0.25) is 5.95 Å². The second-order valence-corrected chi connectivity index (χ2v) is 3.29. The first-order valence-corrected chi connectivity index (χ1v) is 4.68. The summed E-state index contributed by atoms with van der Waals surface area (Å²) in [5, 5.41) is 3.02. The van der Waals surface area contributed by atoms with E-state index in [0.29, 0.717) is 5.82 Å². The van der Waals surface area contributed by atoms with Crippen molar-refractivity contribution < 1.29 is 4.39 Å². The summed E-state index contributed by atoms with van der Waals surface area (Å²) in [4.78, 5) is 4.01. The molecule has 0 radical (unpaired) electrons. The van der Waals surface area contributed by atoms with Crippen molar-refractivity contribution in [3.8, 4) is 11.4 Å². The summed E-state index contributed by atoms with van der Waals surface area (Å²) in [7, 11) is 3.51. The number of aromatic nitrogens is 2. The number of rotatable bonds is 2. The molecule has 0 bridgehead atoms. The van der Waals surface area contributed by atoms with Gasteiger partial charge in [-0.3, -0.25) is 0 Å². The number of halogens is 1. The first kappa shape index (κ1) is 9.71. The average molecular weight is 205 g/mol. The molecule has 78 valence electrons. The summed E-state index contributed by atoms with van der Waals surface area (Å²) in [5.74, 6) is 0.304. The van der Waals surface area contributed by atoms with E-state index < -0.39 is 0 Å². The van der Waals surface area contributed by atoms with Gasteiger partial charge in [0.1, 0.15) is 5.82 Å². The molecule has 0 saturated heterocycles. The standard InChI is InChI=1S/C11H12FN3/c1-13-9-5-3-8(4-6-9)11-14-7-10(12)15(11)2/h3-7,13H,1-2H3.